The first kappa shape index (κ1) is 41.2. The van der Waals surface area contributed by atoms with Crippen LogP contribution in [0, 0.1) is 0 Å². The highest BCUT2D eigenvalue weighted by atomic mass is 15.2. The fourth-order valence-corrected chi connectivity index (χ4v) is 11.5. The first-order valence-electron chi connectivity index (χ1n) is 24.4. The van der Waals surface area contributed by atoms with Crippen LogP contribution in [0.4, 0.5) is 34.1 Å². The van der Waals surface area contributed by atoms with E-state index in [0.717, 1.165) is 22.7 Å². The van der Waals surface area contributed by atoms with Gasteiger partial charge in [-0.25, -0.2) is 0 Å². The van der Waals surface area contributed by atoms with Crippen molar-refractivity contribution in [2.24, 2.45) is 0 Å². The topological polar surface area (TPSA) is 16.3 Å². The average Bonchev–Trinajstić information content (AvgIpc) is 3.88. The molecule has 13 rings (SSSR count). The molecule has 332 valence electrons. The summed E-state index contributed by atoms with van der Waals surface area (Å²) in [6, 6.07) is 79.3. The minimum Gasteiger partial charge on any atom is -0.319 e. The van der Waals surface area contributed by atoms with Gasteiger partial charge >= 0.3 is 0 Å². The standard InChI is InChI=1S/C64H53BN4/c1-63(2,3)43-33-36-47(37-34-43)67-56-31-20-32-57-60(56)65(52-39-44(64(4,5)6)35-38-55(52)69(57)53-29-18-16-27-48(53)42-21-10-7-11-22-42)62-61(67)51-40-50-49-28-17-19-30-54(49)66(45-23-12-8-13-24-45)58(50)41-59(51)68(62)46-25-14-9-15-26-46/h7-41H,1-6H3. The summed E-state index contributed by atoms with van der Waals surface area (Å²) in [6.45, 7) is 13.8. The highest BCUT2D eigenvalue weighted by molar-refractivity contribution is 7.00. The maximum Gasteiger partial charge on any atom is 0.273 e. The predicted octanol–water partition coefficient (Wildman–Crippen LogP) is 15.1. The van der Waals surface area contributed by atoms with Gasteiger partial charge in [0, 0.05) is 61.4 Å². The maximum atomic E-state index is 2.61. The summed E-state index contributed by atoms with van der Waals surface area (Å²) in [6.07, 6.45) is 0. The number of anilines is 6. The second-order valence-corrected chi connectivity index (χ2v) is 21.0. The van der Waals surface area contributed by atoms with Crippen LogP contribution in [0.1, 0.15) is 52.7 Å². The number of fused-ring (bicyclic) bond motifs is 9. The Bertz CT molecular complexity index is 3800. The molecule has 0 saturated heterocycles. The molecule has 0 aliphatic carbocycles. The molecule has 2 aromatic heterocycles. The van der Waals surface area contributed by atoms with E-state index in [1.54, 1.807) is 0 Å². The number of hydrogen-bond donors (Lipinski definition) is 0. The highest BCUT2D eigenvalue weighted by Crippen LogP contribution is 2.50. The molecule has 0 amide bonds. The molecule has 0 fully saturated rings. The third-order valence-electron chi connectivity index (χ3n) is 14.8. The lowest BCUT2D eigenvalue weighted by molar-refractivity contribution is 0.590. The molecule has 9 aromatic carbocycles. The largest absolute Gasteiger partial charge is 0.319 e. The monoisotopic (exact) mass is 888 g/mol. The zero-order valence-corrected chi connectivity index (χ0v) is 40.1. The molecule has 11 aromatic rings. The van der Waals surface area contributed by atoms with E-state index in [-0.39, 0.29) is 17.5 Å². The molecule has 0 atom stereocenters. The second-order valence-electron chi connectivity index (χ2n) is 21.0. The van der Waals surface area contributed by atoms with Crippen LogP contribution in [0.15, 0.2) is 212 Å². The smallest absolute Gasteiger partial charge is 0.273 e. The van der Waals surface area contributed by atoms with Crippen molar-refractivity contribution in [3.05, 3.63) is 223 Å². The summed E-state index contributed by atoms with van der Waals surface area (Å²) in [5.41, 5.74) is 21.8. The van der Waals surface area contributed by atoms with Crippen molar-refractivity contribution in [1.82, 2.24) is 9.13 Å². The van der Waals surface area contributed by atoms with E-state index >= 15 is 0 Å². The Morgan fingerprint density at radius 3 is 1.62 bits per heavy atom. The van der Waals surface area contributed by atoms with Crippen LogP contribution in [-0.4, -0.2) is 15.8 Å². The Kier molecular flexibility index (Phi) is 9.10. The van der Waals surface area contributed by atoms with E-state index < -0.39 is 0 Å². The summed E-state index contributed by atoms with van der Waals surface area (Å²) in [4.78, 5) is 5.16. The van der Waals surface area contributed by atoms with Gasteiger partial charge in [0.15, 0.2) is 0 Å². The van der Waals surface area contributed by atoms with Gasteiger partial charge in [0.05, 0.1) is 27.9 Å². The third kappa shape index (κ3) is 6.30. The summed E-state index contributed by atoms with van der Waals surface area (Å²) in [5, 5.41) is 3.70. The zero-order valence-electron chi connectivity index (χ0n) is 40.1. The Morgan fingerprint density at radius 2 is 0.928 bits per heavy atom. The van der Waals surface area contributed by atoms with Crippen LogP contribution in [-0.2, 0) is 10.8 Å². The molecule has 4 heterocycles. The SMILES string of the molecule is CC(C)(C)c1ccc(N2c3cccc4c3B(c3cc(C(C)(C)C)ccc3N4c3ccccc3-c3ccccc3)c3c2c2cc4c5ccccc5n(-c5ccccc5)c4cc2n3-c2ccccc2)cc1. The minimum atomic E-state index is -0.117. The van der Waals surface area contributed by atoms with E-state index in [1.807, 2.05) is 0 Å². The molecule has 2 aliphatic heterocycles. The molecule has 69 heavy (non-hydrogen) atoms. The lowest BCUT2D eigenvalue weighted by atomic mass is 9.34. The molecule has 0 unspecified atom stereocenters. The number of rotatable bonds is 5. The quantitative estimate of drug-likeness (QED) is 0.160. The van der Waals surface area contributed by atoms with E-state index in [1.165, 1.54) is 94.2 Å². The van der Waals surface area contributed by atoms with Crippen LogP contribution in [0.3, 0.4) is 0 Å². The van der Waals surface area contributed by atoms with E-state index in [4.69, 9.17) is 0 Å². The molecule has 5 heteroatoms. The zero-order chi connectivity index (χ0) is 46.8. The molecule has 0 radical (unpaired) electrons. The molecule has 0 bridgehead atoms. The Labute approximate surface area is 405 Å². The summed E-state index contributed by atoms with van der Waals surface area (Å²) in [7, 11) is 0. The van der Waals surface area contributed by atoms with Crippen molar-refractivity contribution < 1.29 is 0 Å². The lowest BCUT2D eigenvalue weighted by Crippen LogP contribution is -2.63. The molecular weight excluding hydrogens is 836 g/mol. The number of para-hydroxylation sites is 4. The first-order chi connectivity index (χ1) is 33.5. The van der Waals surface area contributed by atoms with Crippen molar-refractivity contribution in [3.8, 4) is 22.5 Å². The van der Waals surface area contributed by atoms with Gasteiger partial charge in [-0.1, -0.05) is 175 Å². The lowest BCUT2D eigenvalue weighted by Gasteiger charge is -2.44. The van der Waals surface area contributed by atoms with Crippen LogP contribution < -0.4 is 26.3 Å². The Balaban J connectivity index is 1.20. The molecule has 0 saturated carbocycles. The molecule has 0 spiro atoms. The summed E-state index contributed by atoms with van der Waals surface area (Å²) < 4.78 is 5.06. The third-order valence-corrected chi connectivity index (χ3v) is 14.8. The van der Waals surface area contributed by atoms with Crippen molar-refractivity contribution in [3.63, 3.8) is 0 Å². The van der Waals surface area contributed by atoms with Gasteiger partial charge < -0.3 is 18.9 Å². The fraction of sp³-hybridized carbons (Fsp3) is 0.125. The van der Waals surface area contributed by atoms with Crippen molar-refractivity contribution in [2.75, 3.05) is 9.80 Å². The first-order valence-corrected chi connectivity index (χ1v) is 24.4. The van der Waals surface area contributed by atoms with Gasteiger partial charge in [-0.15, -0.1) is 0 Å². The normalized spacial score (nSPS) is 13.3. The Morgan fingerprint density at radius 1 is 0.362 bits per heavy atom. The second kappa shape index (κ2) is 15.2. The Hall–Kier alpha value is -8.02. The van der Waals surface area contributed by atoms with Crippen LogP contribution in [0.5, 0.6) is 0 Å². The molecule has 2 aliphatic rings. The molecule has 0 N–H and O–H groups in total. The number of nitrogens with zero attached hydrogens (tertiary/aromatic N) is 4. The summed E-state index contributed by atoms with van der Waals surface area (Å²) >= 11 is 0. The molecular formula is C64H53BN4. The van der Waals surface area contributed by atoms with E-state index in [9.17, 15) is 0 Å². The average molecular weight is 889 g/mol. The van der Waals surface area contributed by atoms with Gasteiger partial charge in [0.2, 0.25) is 0 Å². The van der Waals surface area contributed by atoms with Crippen molar-refractivity contribution in [2.45, 2.75) is 52.4 Å². The number of benzene rings is 9. The van der Waals surface area contributed by atoms with Crippen LogP contribution in [0.25, 0.3) is 55.2 Å². The van der Waals surface area contributed by atoms with Crippen LogP contribution in [0.2, 0.25) is 0 Å². The number of aromatic nitrogens is 2. The van der Waals surface area contributed by atoms with Crippen molar-refractivity contribution in [1.29, 1.82) is 0 Å². The van der Waals surface area contributed by atoms with Gasteiger partial charge in [-0.3, -0.25) is 0 Å². The minimum absolute atomic E-state index is 0.00558. The summed E-state index contributed by atoms with van der Waals surface area (Å²) in [5.74, 6) is 0. The van der Waals surface area contributed by atoms with E-state index in [0.29, 0.717) is 0 Å². The van der Waals surface area contributed by atoms with Crippen molar-refractivity contribution >= 4 is 90.1 Å². The fourth-order valence-electron chi connectivity index (χ4n) is 11.5. The predicted molar refractivity (Wildman–Crippen MR) is 294 cm³/mol. The molecule has 4 nitrogen and oxygen atoms in total. The highest BCUT2D eigenvalue weighted by Gasteiger charge is 2.47. The van der Waals surface area contributed by atoms with Gasteiger partial charge in [-0.2, -0.15) is 0 Å². The number of hydrogen-bond acceptors (Lipinski definition) is 2. The van der Waals surface area contributed by atoms with Gasteiger partial charge in [0.1, 0.15) is 0 Å². The van der Waals surface area contributed by atoms with Gasteiger partial charge in [-0.05, 0) is 117 Å². The van der Waals surface area contributed by atoms with Gasteiger partial charge in [0.25, 0.3) is 6.71 Å². The maximum absolute atomic E-state index is 2.61. The van der Waals surface area contributed by atoms with E-state index in [2.05, 4.69) is 273 Å². The van der Waals surface area contributed by atoms with Crippen LogP contribution >= 0.6 is 0 Å².